The van der Waals surface area contributed by atoms with Gasteiger partial charge in [-0.05, 0) is 29.7 Å². The van der Waals surface area contributed by atoms with Crippen LogP contribution in [0.4, 0.5) is 5.82 Å². The second-order valence-electron chi connectivity index (χ2n) is 4.98. The Hall–Kier alpha value is -2.38. The maximum absolute atomic E-state index is 11.9. The van der Waals surface area contributed by atoms with E-state index in [1.165, 1.54) is 23.7 Å². The summed E-state index contributed by atoms with van der Waals surface area (Å²) in [6, 6.07) is 2.69. The highest BCUT2D eigenvalue weighted by Crippen LogP contribution is 2.15. The van der Waals surface area contributed by atoms with E-state index in [4.69, 9.17) is 5.11 Å². The van der Waals surface area contributed by atoms with Crippen LogP contribution in [-0.4, -0.2) is 33.0 Å². The molecule has 2 N–H and O–H groups in total. The maximum atomic E-state index is 11.9. The Morgan fingerprint density at radius 2 is 2.10 bits per heavy atom. The van der Waals surface area contributed by atoms with Crippen LogP contribution in [0, 0.1) is 16.0 Å². The minimum absolute atomic E-state index is 0.110. The van der Waals surface area contributed by atoms with E-state index in [2.05, 4.69) is 5.32 Å². The first-order chi connectivity index (χ1) is 9.82. The van der Waals surface area contributed by atoms with Gasteiger partial charge in [-0.25, -0.2) is 4.57 Å². The molecule has 1 aromatic heterocycles. The molecule has 0 spiro atoms. The Bertz CT molecular complexity index is 538. The van der Waals surface area contributed by atoms with E-state index in [0.717, 1.165) is 0 Å². The largest absolute Gasteiger partial charge is 0.481 e. The average Bonchev–Trinajstić information content (AvgIpc) is 2.78. The van der Waals surface area contributed by atoms with E-state index in [0.29, 0.717) is 19.4 Å². The smallest absolute Gasteiger partial charge is 0.323 e. The Balaban J connectivity index is 2.44. The molecule has 0 aromatic carbocycles. The molecule has 1 heterocycles. The number of carbonyl (C=O) groups is 2. The normalized spacial score (nSPS) is 11.9. The summed E-state index contributed by atoms with van der Waals surface area (Å²) < 4.78 is 1.23. The van der Waals surface area contributed by atoms with Crippen molar-refractivity contribution in [1.29, 1.82) is 0 Å². The number of nitrogens with one attached hydrogen (secondary N) is 1. The van der Waals surface area contributed by atoms with Gasteiger partial charge < -0.3 is 20.5 Å². The van der Waals surface area contributed by atoms with Crippen molar-refractivity contribution < 1.29 is 19.6 Å². The molecule has 1 unspecified atom stereocenters. The summed E-state index contributed by atoms with van der Waals surface area (Å²) in [5.41, 5.74) is 0.222. The monoisotopic (exact) mass is 297 g/mol. The Morgan fingerprint density at radius 3 is 2.62 bits per heavy atom. The van der Waals surface area contributed by atoms with Crippen molar-refractivity contribution in [2.24, 2.45) is 13.0 Å². The van der Waals surface area contributed by atoms with Crippen LogP contribution < -0.4 is 5.32 Å². The van der Waals surface area contributed by atoms with Crippen LogP contribution in [0.2, 0.25) is 0 Å². The Labute approximate surface area is 121 Å². The van der Waals surface area contributed by atoms with Crippen LogP contribution >= 0.6 is 0 Å². The van der Waals surface area contributed by atoms with Crippen molar-refractivity contribution in [2.75, 3.05) is 6.54 Å². The molecule has 0 radical (unpaired) electrons. The first kappa shape index (κ1) is 16.7. The highest BCUT2D eigenvalue weighted by atomic mass is 16.6. The SMILES string of the molecule is CC(CCNC(=O)c1ccc([N+](=O)[O-])n1C)CCC(=O)O. The number of hydrogen-bond donors (Lipinski definition) is 2. The molecule has 1 aromatic rings. The van der Waals surface area contributed by atoms with Crippen LogP contribution in [0.1, 0.15) is 36.7 Å². The zero-order chi connectivity index (χ0) is 16.0. The quantitative estimate of drug-likeness (QED) is 0.558. The van der Waals surface area contributed by atoms with Crippen molar-refractivity contribution in [2.45, 2.75) is 26.2 Å². The van der Waals surface area contributed by atoms with Gasteiger partial charge >= 0.3 is 11.8 Å². The van der Waals surface area contributed by atoms with Crippen LogP contribution in [0.3, 0.4) is 0 Å². The lowest BCUT2D eigenvalue weighted by molar-refractivity contribution is -0.391. The number of hydrogen-bond acceptors (Lipinski definition) is 4. The van der Waals surface area contributed by atoms with Crippen molar-refractivity contribution in [3.05, 3.63) is 27.9 Å². The molecule has 1 atom stereocenters. The minimum Gasteiger partial charge on any atom is -0.481 e. The Morgan fingerprint density at radius 1 is 1.43 bits per heavy atom. The van der Waals surface area contributed by atoms with Crippen LogP contribution in [0.25, 0.3) is 0 Å². The van der Waals surface area contributed by atoms with Crippen LogP contribution in [0.5, 0.6) is 0 Å². The summed E-state index contributed by atoms with van der Waals surface area (Å²) in [4.78, 5) is 32.5. The van der Waals surface area contributed by atoms with Gasteiger partial charge in [-0.15, -0.1) is 0 Å². The van der Waals surface area contributed by atoms with Gasteiger partial charge in [0.15, 0.2) is 5.69 Å². The number of rotatable bonds is 8. The number of aliphatic carboxylic acids is 1. The van der Waals surface area contributed by atoms with Gasteiger partial charge in [-0.2, -0.15) is 0 Å². The van der Waals surface area contributed by atoms with Gasteiger partial charge in [0, 0.05) is 19.0 Å². The maximum Gasteiger partial charge on any atom is 0.323 e. The molecular formula is C13H19N3O5. The minimum atomic E-state index is -0.831. The van der Waals surface area contributed by atoms with E-state index < -0.39 is 10.9 Å². The lowest BCUT2D eigenvalue weighted by Crippen LogP contribution is -2.27. The predicted molar refractivity (Wildman–Crippen MR) is 75.1 cm³/mol. The second kappa shape index (κ2) is 7.41. The van der Waals surface area contributed by atoms with Crippen LogP contribution in [-0.2, 0) is 11.8 Å². The first-order valence-corrected chi connectivity index (χ1v) is 6.63. The second-order valence-corrected chi connectivity index (χ2v) is 4.98. The first-order valence-electron chi connectivity index (χ1n) is 6.63. The van der Waals surface area contributed by atoms with Gasteiger partial charge in [0.2, 0.25) is 0 Å². The number of carboxylic acids is 1. The topological polar surface area (TPSA) is 114 Å². The molecule has 0 aliphatic carbocycles. The van der Waals surface area contributed by atoms with Gasteiger partial charge in [0.1, 0.15) is 0 Å². The third-order valence-electron chi connectivity index (χ3n) is 3.29. The molecule has 0 saturated carbocycles. The molecular weight excluding hydrogens is 278 g/mol. The highest BCUT2D eigenvalue weighted by Gasteiger charge is 2.20. The number of carboxylic acid groups (broad SMARTS) is 1. The zero-order valence-corrected chi connectivity index (χ0v) is 12.0. The molecule has 8 heteroatoms. The molecule has 1 rings (SSSR count). The fourth-order valence-corrected chi connectivity index (χ4v) is 1.95. The summed E-state index contributed by atoms with van der Waals surface area (Å²) in [5.74, 6) is -1.17. The van der Waals surface area contributed by atoms with E-state index in [1.54, 1.807) is 0 Å². The summed E-state index contributed by atoms with van der Waals surface area (Å²) in [6.45, 7) is 2.32. The molecule has 0 fully saturated rings. The molecule has 0 saturated heterocycles. The number of aromatic nitrogens is 1. The molecule has 0 bridgehead atoms. The van der Waals surface area contributed by atoms with Gasteiger partial charge in [0.05, 0.1) is 7.05 Å². The zero-order valence-electron chi connectivity index (χ0n) is 12.0. The van der Waals surface area contributed by atoms with Crippen molar-refractivity contribution in [3.8, 4) is 0 Å². The molecule has 8 nitrogen and oxygen atoms in total. The lowest BCUT2D eigenvalue weighted by atomic mass is 10.0. The van der Waals surface area contributed by atoms with Crippen molar-refractivity contribution >= 4 is 17.7 Å². The molecule has 21 heavy (non-hydrogen) atoms. The summed E-state index contributed by atoms with van der Waals surface area (Å²) in [6.07, 6.45) is 1.32. The fourth-order valence-electron chi connectivity index (χ4n) is 1.95. The van der Waals surface area contributed by atoms with Gasteiger partial charge in [-0.1, -0.05) is 6.92 Å². The number of nitrogens with zero attached hydrogens (tertiary/aromatic N) is 2. The number of nitro groups is 1. The van der Waals surface area contributed by atoms with Gasteiger partial charge in [-0.3, -0.25) is 9.59 Å². The standard InChI is InChI=1S/C13H19N3O5/c1-9(3-6-12(17)18)7-8-14-13(19)10-4-5-11(15(10)2)16(20)21/h4-5,9H,3,6-8H2,1-2H3,(H,14,19)(H,17,18). The van der Waals surface area contributed by atoms with Crippen molar-refractivity contribution in [3.63, 3.8) is 0 Å². The molecule has 0 aliphatic heterocycles. The van der Waals surface area contributed by atoms with Crippen molar-refractivity contribution in [1.82, 2.24) is 9.88 Å². The predicted octanol–water partition coefficient (Wildman–Crippen LogP) is 1.55. The Kier molecular flexibility index (Phi) is 5.89. The lowest BCUT2D eigenvalue weighted by Gasteiger charge is -2.10. The average molecular weight is 297 g/mol. The van der Waals surface area contributed by atoms with E-state index in [9.17, 15) is 19.7 Å². The third kappa shape index (κ3) is 4.90. The summed E-state index contributed by atoms with van der Waals surface area (Å²) in [5, 5.41) is 21.9. The van der Waals surface area contributed by atoms with E-state index in [-0.39, 0.29) is 29.8 Å². The number of amides is 1. The van der Waals surface area contributed by atoms with E-state index >= 15 is 0 Å². The molecule has 116 valence electrons. The molecule has 1 amide bonds. The fraction of sp³-hybridized carbons (Fsp3) is 0.538. The highest BCUT2D eigenvalue weighted by molar-refractivity contribution is 5.93. The summed E-state index contributed by atoms with van der Waals surface area (Å²) >= 11 is 0. The molecule has 0 aliphatic rings. The summed E-state index contributed by atoms with van der Waals surface area (Å²) in [7, 11) is 1.46. The number of carbonyl (C=O) groups excluding carboxylic acids is 1. The van der Waals surface area contributed by atoms with Crippen LogP contribution in [0.15, 0.2) is 12.1 Å². The van der Waals surface area contributed by atoms with Gasteiger partial charge in [0.25, 0.3) is 5.91 Å². The van der Waals surface area contributed by atoms with E-state index in [1.807, 2.05) is 6.92 Å². The third-order valence-corrected chi connectivity index (χ3v) is 3.29.